The van der Waals surface area contributed by atoms with Gasteiger partial charge >= 0.3 is 6.03 Å². The fourth-order valence-corrected chi connectivity index (χ4v) is 4.46. The molecule has 1 saturated heterocycles. The Morgan fingerprint density at radius 3 is 2.57 bits per heavy atom. The highest BCUT2D eigenvalue weighted by atomic mass is 32.2. The monoisotopic (exact) mass is 426 g/mol. The molecule has 1 aliphatic heterocycles. The lowest BCUT2D eigenvalue weighted by Crippen LogP contribution is -2.34. The molecule has 0 radical (unpaired) electrons. The van der Waals surface area contributed by atoms with Crippen LogP contribution in [-0.4, -0.2) is 23.2 Å². The van der Waals surface area contributed by atoms with Crippen LogP contribution in [0.5, 0.6) is 5.75 Å². The second kappa shape index (κ2) is 9.17. The first kappa shape index (κ1) is 20.2. The summed E-state index contributed by atoms with van der Waals surface area (Å²) >= 11 is 1.64. The SMILES string of the molecule is O=C(Nc1ccc(F)cc1F)N1CCSC1c1ccc(OCc2ccccc2)cc1. The third-order valence-electron chi connectivity index (χ3n) is 4.74. The zero-order valence-corrected chi connectivity index (χ0v) is 16.9. The van der Waals surface area contributed by atoms with Gasteiger partial charge in [0.05, 0.1) is 5.69 Å². The van der Waals surface area contributed by atoms with Crippen LogP contribution < -0.4 is 10.1 Å². The van der Waals surface area contributed by atoms with Crippen molar-refractivity contribution < 1.29 is 18.3 Å². The number of nitrogens with one attached hydrogen (secondary N) is 1. The van der Waals surface area contributed by atoms with Gasteiger partial charge in [0, 0.05) is 18.4 Å². The molecule has 1 N–H and O–H groups in total. The lowest BCUT2D eigenvalue weighted by molar-refractivity contribution is 0.214. The summed E-state index contributed by atoms with van der Waals surface area (Å²) < 4.78 is 32.8. The van der Waals surface area contributed by atoms with E-state index in [-0.39, 0.29) is 11.1 Å². The number of benzene rings is 3. The van der Waals surface area contributed by atoms with Crippen LogP contribution in [0.2, 0.25) is 0 Å². The number of rotatable bonds is 5. The smallest absolute Gasteiger partial charge is 0.323 e. The Hall–Kier alpha value is -3.06. The summed E-state index contributed by atoms with van der Waals surface area (Å²) in [7, 11) is 0. The minimum absolute atomic E-state index is 0.0401. The van der Waals surface area contributed by atoms with Crippen LogP contribution in [0.1, 0.15) is 16.5 Å². The van der Waals surface area contributed by atoms with Gasteiger partial charge in [0.2, 0.25) is 0 Å². The van der Waals surface area contributed by atoms with E-state index in [0.29, 0.717) is 13.2 Å². The molecule has 0 aliphatic carbocycles. The topological polar surface area (TPSA) is 41.6 Å². The molecule has 0 bridgehead atoms. The maximum atomic E-state index is 13.9. The van der Waals surface area contributed by atoms with Crippen LogP contribution >= 0.6 is 11.8 Å². The number of ether oxygens (including phenoxy) is 1. The first-order valence-corrected chi connectivity index (χ1v) is 10.6. The number of carbonyl (C=O) groups is 1. The first-order valence-electron chi connectivity index (χ1n) is 9.51. The molecular formula is C23H20F2N2O2S. The van der Waals surface area contributed by atoms with E-state index in [1.165, 1.54) is 6.07 Å². The van der Waals surface area contributed by atoms with Gasteiger partial charge in [-0.2, -0.15) is 0 Å². The first-order chi connectivity index (χ1) is 14.6. The summed E-state index contributed by atoms with van der Waals surface area (Å²) in [6.45, 7) is 1.02. The molecule has 154 valence electrons. The van der Waals surface area contributed by atoms with Gasteiger partial charge in [-0.05, 0) is 35.4 Å². The second-order valence-electron chi connectivity index (χ2n) is 6.81. The fourth-order valence-electron chi connectivity index (χ4n) is 3.20. The van der Waals surface area contributed by atoms with Crippen LogP contribution in [0.25, 0.3) is 0 Å². The molecule has 2 amide bonds. The standard InChI is InChI=1S/C23H20F2N2O2S/c24-18-8-11-21(20(25)14-18)26-23(28)27-12-13-30-22(27)17-6-9-19(10-7-17)29-15-16-4-2-1-3-5-16/h1-11,14,22H,12-13,15H2,(H,26,28). The molecular weight excluding hydrogens is 406 g/mol. The Bertz CT molecular complexity index is 1020. The molecule has 3 aromatic carbocycles. The van der Waals surface area contributed by atoms with Crippen molar-refractivity contribution in [2.45, 2.75) is 12.0 Å². The quantitative estimate of drug-likeness (QED) is 0.559. The molecule has 1 atom stereocenters. The minimum Gasteiger partial charge on any atom is -0.489 e. The molecule has 1 heterocycles. The van der Waals surface area contributed by atoms with Crippen molar-refractivity contribution in [3.05, 3.63) is 95.6 Å². The Morgan fingerprint density at radius 2 is 1.83 bits per heavy atom. The molecule has 0 aromatic heterocycles. The number of carbonyl (C=O) groups excluding carboxylic acids is 1. The normalized spacial score (nSPS) is 15.8. The highest BCUT2D eigenvalue weighted by Crippen LogP contribution is 2.38. The molecule has 3 aromatic rings. The van der Waals surface area contributed by atoms with E-state index in [2.05, 4.69) is 5.32 Å². The van der Waals surface area contributed by atoms with Gasteiger partial charge < -0.3 is 15.0 Å². The number of thioether (sulfide) groups is 1. The minimum atomic E-state index is -0.799. The van der Waals surface area contributed by atoms with Crippen LogP contribution in [0.3, 0.4) is 0 Å². The van der Waals surface area contributed by atoms with Gasteiger partial charge in [-0.1, -0.05) is 42.5 Å². The zero-order valence-electron chi connectivity index (χ0n) is 16.1. The maximum absolute atomic E-state index is 13.9. The molecule has 30 heavy (non-hydrogen) atoms. The second-order valence-corrected chi connectivity index (χ2v) is 8.00. The van der Waals surface area contributed by atoms with Gasteiger partial charge in [-0.25, -0.2) is 13.6 Å². The van der Waals surface area contributed by atoms with Crippen LogP contribution in [-0.2, 0) is 6.61 Å². The molecule has 7 heteroatoms. The Labute approximate surface area is 177 Å². The fraction of sp³-hybridized carbons (Fsp3) is 0.174. The van der Waals surface area contributed by atoms with E-state index in [9.17, 15) is 13.6 Å². The molecule has 0 saturated carbocycles. The van der Waals surface area contributed by atoms with E-state index in [1.807, 2.05) is 54.6 Å². The van der Waals surface area contributed by atoms with Crippen molar-refractivity contribution in [1.82, 2.24) is 4.90 Å². The summed E-state index contributed by atoms with van der Waals surface area (Å²) in [6.07, 6.45) is 0. The predicted molar refractivity (Wildman–Crippen MR) is 114 cm³/mol. The number of hydrogen-bond donors (Lipinski definition) is 1. The third-order valence-corrected chi connectivity index (χ3v) is 6.00. The van der Waals surface area contributed by atoms with Crippen molar-refractivity contribution >= 4 is 23.5 Å². The average Bonchev–Trinajstić information content (AvgIpc) is 3.25. The van der Waals surface area contributed by atoms with E-state index in [0.717, 1.165) is 34.8 Å². The summed E-state index contributed by atoms with van der Waals surface area (Å²) in [4.78, 5) is 14.3. The number of halogens is 2. The van der Waals surface area contributed by atoms with Crippen LogP contribution in [0, 0.1) is 11.6 Å². The number of anilines is 1. The molecule has 1 unspecified atom stereocenters. The van der Waals surface area contributed by atoms with Crippen molar-refractivity contribution in [3.63, 3.8) is 0 Å². The van der Waals surface area contributed by atoms with Crippen molar-refractivity contribution in [1.29, 1.82) is 0 Å². The van der Waals surface area contributed by atoms with Crippen molar-refractivity contribution in [2.24, 2.45) is 0 Å². The summed E-state index contributed by atoms with van der Waals surface area (Å²) in [5.41, 5.74) is 2.00. The van der Waals surface area contributed by atoms with E-state index >= 15 is 0 Å². The highest BCUT2D eigenvalue weighted by molar-refractivity contribution is 7.99. The van der Waals surface area contributed by atoms with Crippen molar-refractivity contribution in [3.8, 4) is 5.75 Å². The third kappa shape index (κ3) is 4.74. The van der Waals surface area contributed by atoms with Crippen molar-refractivity contribution in [2.75, 3.05) is 17.6 Å². The highest BCUT2D eigenvalue weighted by Gasteiger charge is 2.31. The Balaban J connectivity index is 1.40. The lowest BCUT2D eigenvalue weighted by atomic mass is 10.2. The lowest BCUT2D eigenvalue weighted by Gasteiger charge is -2.24. The van der Waals surface area contributed by atoms with Gasteiger partial charge in [0.1, 0.15) is 29.4 Å². The number of nitrogens with zero attached hydrogens (tertiary/aromatic N) is 1. The van der Waals surface area contributed by atoms with Crippen LogP contribution in [0.4, 0.5) is 19.3 Å². The largest absolute Gasteiger partial charge is 0.489 e. The average molecular weight is 426 g/mol. The van der Waals surface area contributed by atoms with Crippen LogP contribution in [0.15, 0.2) is 72.8 Å². The number of hydrogen-bond acceptors (Lipinski definition) is 3. The molecule has 0 spiro atoms. The summed E-state index contributed by atoms with van der Waals surface area (Å²) in [6, 6.07) is 20.2. The molecule has 4 nitrogen and oxygen atoms in total. The molecule has 1 aliphatic rings. The van der Waals surface area contributed by atoms with E-state index in [1.54, 1.807) is 16.7 Å². The number of urea groups is 1. The van der Waals surface area contributed by atoms with Gasteiger partial charge in [-0.15, -0.1) is 11.8 Å². The summed E-state index contributed by atoms with van der Waals surface area (Å²) in [5.74, 6) is 0.0345. The Kier molecular flexibility index (Phi) is 6.18. The van der Waals surface area contributed by atoms with Gasteiger partial charge in [0.25, 0.3) is 0 Å². The van der Waals surface area contributed by atoms with E-state index < -0.39 is 17.7 Å². The number of amides is 2. The molecule has 4 rings (SSSR count). The summed E-state index contributed by atoms with van der Waals surface area (Å²) in [5, 5.41) is 2.35. The maximum Gasteiger partial charge on any atom is 0.323 e. The van der Waals surface area contributed by atoms with E-state index in [4.69, 9.17) is 4.74 Å². The molecule has 1 fully saturated rings. The van der Waals surface area contributed by atoms with Gasteiger partial charge in [-0.3, -0.25) is 0 Å². The Morgan fingerprint density at radius 1 is 1.07 bits per heavy atom. The van der Waals surface area contributed by atoms with Gasteiger partial charge in [0.15, 0.2) is 0 Å². The zero-order chi connectivity index (χ0) is 20.9. The predicted octanol–water partition coefficient (Wildman–Crippen LogP) is 5.82.